The molecule has 3 rings (SSSR count). The average Bonchev–Trinajstić information content (AvgIpc) is 3.18. The predicted octanol–water partition coefficient (Wildman–Crippen LogP) is 2.38. The summed E-state index contributed by atoms with van der Waals surface area (Å²) in [6, 6.07) is -0.00120. The summed E-state index contributed by atoms with van der Waals surface area (Å²) >= 11 is 0. The lowest BCUT2D eigenvalue weighted by molar-refractivity contribution is -0.155. The number of methoxy groups -OCH3 is 1. The van der Waals surface area contributed by atoms with Crippen LogP contribution in [0.5, 0.6) is 0 Å². The van der Waals surface area contributed by atoms with Gasteiger partial charge in [-0.05, 0) is 51.6 Å². The van der Waals surface area contributed by atoms with Gasteiger partial charge in [-0.2, -0.15) is 0 Å². The van der Waals surface area contributed by atoms with Gasteiger partial charge in [-0.25, -0.2) is 0 Å². The first kappa shape index (κ1) is 14.3. The third-order valence-electron chi connectivity index (χ3n) is 5.61. The van der Waals surface area contributed by atoms with Crippen molar-refractivity contribution >= 4 is 5.97 Å². The number of carbonyl (C=O) groups excluding carboxylic acids is 1. The van der Waals surface area contributed by atoms with Crippen LogP contribution in [0.15, 0.2) is 0 Å². The van der Waals surface area contributed by atoms with Crippen molar-refractivity contribution in [3.63, 3.8) is 0 Å². The van der Waals surface area contributed by atoms with Crippen LogP contribution in [0.2, 0.25) is 0 Å². The van der Waals surface area contributed by atoms with Gasteiger partial charge in [0.25, 0.3) is 0 Å². The minimum Gasteiger partial charge on any atom is -0.468 e. The zero-order chi connectivity index (χ0) is 14.0. The zero-order valence-electron chi connectivity index (χ0n) is 12.8. The third-order valence-corrected chi connectivity index (χ3v) is 5.61. The molecule has 0 aromatic heterocycles. The van der Waals surface area contributed by atoms with E-state index in [2.05, 4.69) is 9.80 Å². The first-order chi connectivity index (χ1) is 9.78. The average molecular weight is 280 g/mol. The van der Waals surface area contributed by atoms with Crippen LogP contribution < -0.4 is 0 Å². The lowest BCUT2D eigenvalue weighted by Crippen LogP contribution is -2.63. The molecular formula is C16H28N2O2. The Labute approximate surface area is 122 Å². The van der Waals surface area contributed by atoms with E-state index in [9.17, 15) is 4.79 Å². The Morgan fingerprint density at radius 1 is 1.00 bits per heavy atom. The third kappa shape index (κ3) is 2.37. The maximum atomic E-state index is 12.1. The number of esters is 1. The van der Waals surface area contributed by atoms with Gasteiger partial charge in [0, 0.05) is 6.54 Å². The summed E-state index contributed by atoms with van der Waals surface area (Å²) in [6.07, 6.45) is 11.2. The molecule has 1 atom stereocenters. The van der Waals surface area contributed by atoms with E-state index in [1.54, 1.807) is 0 Å². The Bertz CT molecular complexity index is 346. The predicted molar refractivity (Wildman–Crippen MR) is 78.4 cm³/mol. The first-order valence-corrected chi connectivity index (χ1v) is 8.37. The molecule has 0 radical (unpaired) electrons. The van der Waals surface area contributed by atoms with Crippen molar-refractivity contribution in [1.82, 2.24) is 9.80 Å². The maximum absolute atomic E-state index is 12.1. The van der Waals surface area contributed by atoms with E-state index < -0.39 is 0 Å². The van der Waals surface area contributed by atoms with Gasteiger partial charge >= 0.3 is 5.97 Å². The smallest absolute Gasteiger partial charge is 0.323 e. The summed E-state index contributed by atoms with van der Waals surface area (Å²) in [7, 11) is 1.53. The molecule has 0 bridgehead atoms. The molecule has 4 nitrogen and oxygen atoms in total. The van der Waals surface area contributed by atoms with Crippen LogP contribution in [0.4, 0.5) is 0 Å². The van der Waals surface area contributed by atoms with Crippen molar-refractivity contribution in [2.45, 2.75) is 69.5 Å². The van der Waals surface area contributed by atoms with Crippen LogP contribution in [0.1, 0.15) is 57.8 Å². The van der Waals surface area contributed by atoms with E-state index in [4.69, 9.17) is 4.74 Å². The summed E-state index contributed by atoms with van der Waals surface area (Å²) in [5.74, 6) is -0.0216. The highest BCUT2D eigenvalue weighted by molar-refractivity contribution is 5.76. The number of likely N-dealkylation sites (tertiary alicyclic amines) is 2. The lowest BCUT2D eigenvalue weighted by atomic mass is 9.85. The molecule has 2 saturated heterocycles. The van der Waals surface area contributed by atoms with E-state index in [1.165, 1.54) is 65.1 Å². The molecule has 114 valence electrons. The summed E-state index contributed by atoms with van der Waals surface area (Å²) in [5.41, 5.74) is 0.157. The van der Waals surface area contributed by atoms with Gasteiger partial charge in [-0.3, -0.25) is 14.6 Å². The fraction of sp³-hybridized carbons (Fsp3) is 0.938. The summed E-state index contributed by atoms with van der Waals surface area (Å²) in [6.45, 7) is 3.49. The largest absolute Gasteiger partial charge is 0.468 e. The molecule has 0 amide bonds. The molecule has 2 heterocycles. The quantitative estimate of drug-likeness (QED) is 0.743. The molecule has 20 heavy (non-hydrogen) atoms. The Hall–Kier alpha value is -0.610. The van der Waals surface area contributed by atoms with Gasteiger partial charge in [0.1, 0.15) is 6.04 Å². The molecule has 1 saturated carbocycles. The molecule has 1 aliphatic carbocycles. The molecule has 2 aliphatic heterocycles. The Kier molecular flexibility index (Phi) is 4.32. The number of nitrogens with zero attached hydrogens (tertiary/aromatic N) is 2. The number of rotatable bonds is 3. The molecule has 4 heteroatoms. The van der Waals surface area contributed by atoms with Crippen LogP contribution >= 0.6 is 0 Å². The van der Waals surface area contributed by atoms with Crippen LogP contribution in [0.25, 0.3) is 0 Å². The number of ether oxygens (including phenoxy) is 1. The highest BCUT2D eigenvalue weighted by atomic mass is 16.5. The lowest BCUT2D eigenvalue weighted by Gasteiger charge is -2.52. The van der Waals surface area contributed by atoms with Crippen LogP contribution in [0.3, 0.4) is 0 Å². The van der Waals surface area contributed by atoms with Gasteiger partial charge in [0.05, 0.1) is 12.8 Å². The van der Waals surface area contributed by atoms with Gasteiger partial charge in [0.2, 0.25) is 0 Å². The first-order valence-electron chi connectivity index (χ1n) is 8.37. The molecule has 0 N–H and O–H groups in total. The highest BCUT2D eigenvalue weighted by Crippen LogP contribution is 2.42. The van der Waals surface area contributed by atoms with E-state index >= 15 is 0 Å². The second-order valence-corrected chi connectivity index (χ2v) is 6.61. The standard InChI is InChI=1S/C16H28N2O2/c1-20-15(19)14-8-7-13-18(14)16(9-3-2-4-10-16)17-11-5-6-12-17/h14H,2-13H2,1H3/t14-/m0/s1. The van der Waals surface area contributed by atoms with Crippen molar-refractivity contribution in [1.29, 1.82) is 0 Å². The zero-order valence-corrected chi connectivity index (χ0v) is 12.8. The van der Waals surface area contributed by atoms with E-state index in [1.807, 2.05) is 0 Å². The van der Waals surface area contributed by atoms with E-state index in [0.29, 0.717) is 0 Å². The second kappa shape index (κ2) is 6.02. The Morgan fingerprint density at radius 3 is 2.35 bits per heavy atom. The summed E-state index contributed by atoms with van der Waals surface area (Å²) in [5, 5.41) is 0. The minimum atomic E-state index is -0.0216. The fourth-order valence-electron chi connectivity index (χ4n) is 4.68. The summed E-state index contributed by atoms with van der Waals surface area (Å²) in [4.78, 5) is 17.3. The topological polar surface area (TPSA) is 32.8 Å². The van der Waals surface area contributed by atoms with Gasteiger partial charge in [0.15, 0.2) is 0 Å². The Morgan fingerprint density at radius 2 is 1.70 bits per heavy atom. The van der Waals surface area contributed by atoms with Crippen molar-refractivity contribution in [3.8, 4) is 0 Å². The number of hydrogen-bond donors (Lipinski definition) is 0. The van der Waals surface area contributed by atoms with Gasteiger partial charge in [-0.1, -0.05) is 19.3 Å². The van der Waals surface area contributed by atoms with E-state index in [0.717, 1.165) is 19.4 Å². The molecule has 3 fully saturated rings. The van der Waals surface area contributed by atoms with Crippen LogP contribution in [-0.2, 0) is 9.53 Å². The van der Waals surface area contributed by atoms with E-state index in [-0.39, 0.29) is 17.7 Å². The molecular weight excluding hydrogens is 252 g/mol. The molecule has 0 aromatic carbocycles. The van der Waals surface area contributed by atoms with Crippen LogP contribution in [0, 0.1) is 0 Å². The number of carbonyl (C=O) groups is 1. The monoisotopic (exact) mass is 280 g/mol. The maximum Gasteiger partial charge on any atom is 0.323 e. The molecule has 0 aromatic rings. The van der Waals surface area contributed by atoms with Gasteiger partial charge in [-0.15, -0.1) is 0 Å². The number of hydrogen-bond acceptors (Lipinski definition) is 4. The second-order valence-electron chi connectivity index (χ2n) is 6.61. The Balaban J connectivity index is 1.85. The van der Waals surface area contributed by atoms with Crippen molar-refractivity contribution in [2.24, 2.45) is 0 Å². The van der Waals surface area contributed by atoms with Gasteiger partial charge < -0.3 is 4.74 Å². The molecule has 0 spiro atoms. The molecule has 3 aliphatic rings. The van der Waals surface area contributed by atoms with Crippen molar-refractivity contribution in [3.05, 3.63) is 0 Å². The SMILES string of the molecule is COC(=O)[C@@H]1CCCN1C1(N2CCCC2)CCCCC1. The van der Waals surface area contributed by atoms with Crippen LogP contribution in [-0.4, -0.2) is 54.2 Å². The van der Waals surface area contributed by atoms with Crippen molar-refractivity contribution < 1.29 is 9.53 Å². The normalized spacial score (nSPS) is 31.6. The highest BCUT2D eigenvalue weighted by Gasteiger charge is 2.49. The fourth-order valence-corrected chi connectivity index (χ4v) is 4.68. The molecule has 0 unspecified atom stereocenters. The van der Waals surface area contributed by atoms with Crippen molar-refractivity contribution in [2.75, 3.05) is 26.7 Å². The minimum absolute atomic E-state index is 0.00120. The summed E-state index contributed by atoms with van der Waals surface area (Å²) < 4.78 is 5.06.